The van der Waals surface area contributed by atoms with Crippen LogP contribution in [0.25, 0.3) is 5.69 Å². The average molecular weight is 384 g/mol. The van der Waals surface area contributed by atoms with Crippen molar-refractivity contribution in [3.8, 4) is 5.69 Å². The monoisotopic (exact) mass is 383 g/mol. The van der Waals surface area contributed by atoms with Gasteiger partial charge >= 0.3 is 0 Å². The van der Waals surface area contributed by atoms with Crippen molar-refractivity contribution < 1.29 is 9.59 Å². The number of amides is 2. The Kier molecular flexibility index (Phi) is 5.52. The molecule has 1 aromatic carbocycles. The summed E-state index contributed by atoms with van der Waals surface area (Å²) in [5, 5.41) is 4.95. The van der Waals surface area contributed by atoms with E-state index in [4.69, 9.17) is 11.6 Å². The predicted molar refractivity (Wildman–Crippen MR) is 102 cm³/mol. The van der Waals surface area contributed by atoms with Crippen molar-refractivity contribution in [1.82, 2.24) is 25.6 Å². The molecule has 2 amide bonds. The molecule has 27 heavy (non-hydrogen) atoms. The van der Waals surface area contributed by atoms with Crippen LogP contribution < -0.4 is 10.9 Å². The minimum absolute atomic E-state index is 0.0235. The Morgan fingerprint density at radius 2 is 1.74 bits per heavy atom. The molecular weight excluding hydrogens is 366 g/mol. The largest absolute Gasteiger partial charge is 0.288 e. The van der Waals surface area contributed by atoms with Crippen molar-refractivity contribution in [1.29, 1.82) is 0 Å². The molecule has 0 unspecified atom stereocenters. The SMILES string of the molecule is CC(C)c1c(C(=O)NNC(=O)c2ccccn2)cnn1-c1ccc(Cl)cc1. The van der Waals surface area contributed by atoms with Crippen LogP contribution in [0.2, 0.25) is 5.02 Å². The molecule has 0 spiro atoms. The first-order valence-electron chi connectivity index (χ1n) is 8.33. The fraction of sp³-hybridized carbons (Fsp3) is 0.158. The Labute approximate surface area is 161 Å². The smallest absolute Gasteiger partial charge is 0.267 e. The second-order valence-electron chi connectivity index (χ2n) is 6.11. The molecule has 0 aliphatic rings. The maximum Gasteiger partial charge on any atom is 0.288 e. The van der Waals surface area contributed by atoms with Gasteiger partial charge in [-0.25, -0.2) is 4.68 Å². The number of benzene rings is 1. The molecule has 2 N–H and O–H groups in total. The van der Waals surface area contributed by atoms with Crippen LogP contribution >= 0.6 is 11.6 Å². The molecule has 2 heterocycles. The number of carbonyl (C=O) groups is 2. The van der Waals surface area contributed by atoms with E-state index in [1.807, 2.05) is 26.0 Å². The van der Waals surface area contributed by atoms with E-state index in [2.05, 4.69) is 20.9 Å². The first kappa shape index (κ1) is 18.6. The second-order valence-corrected chi connectivity index (χ2v) is 6.55. The highest BCUT2D eigenvalue weighted by Gasteiger charge is 2.21. The topological polar surface area (TPSA) is 88.9 Å². The standard InChI is InChI=1S/C19H18ClN5O2/c1-12(2)17-15(11-22-25(17)14-8-6-13(20)7-9-14)18(26)23-24-19(27)16-5-3-4-10-21-16/h3-12H,1-2H3,(H,23,26)(H,24,27). The van der Waals surface area contributed by atoms with Gasteiger partial charge in [-0.1, -0.05) is 31.5 Å². The van der Waals surface area contributed by atoms with Crippen molar-refractivity contribution in [2.75, 3.05) is 0 Å². The number of hydrazine groups is 1. The molecule has 2 aromatic heterocycles. The van der Waals surface area contributed by atoms with Crippen LogP contribution in [0.15, 0.2) is 54.9 Å². The molecule has 0 radical (unpaired) electrons. The van der Waals surface area contributed by atoms with E-state index in [0.29, 0.717) is 10.6 Å². The van der Waals surface area contributed by atoms with Crippen molar-refractivity contribution in [3.05, 3.63) is 76.8 Å². The van der Waals surface area contributed by atoms with Crippen LogP contribution in [0.3, 0.4) is 0 Å². The number of halogens is 1. The fourth-order valence-electron chi connectivity index (χ4n) is 2.62. The van der Waals surface area contributed by atoms with Crippen LogP contribution in [0.1, 0.15) is 46.3 Å². The van der Waals surface area contributed by atoms with Gasteiger partial charge in [0.25, 0.3) is 11.8 Å². The molecule has 0 fully saturated rings. The van der Waals surface area contributed by atoms with Crippen molar-refractivity contribution >= 4 is 23.4 Å². The van der Waals surface area contributed by atoms with Crippen LogP contribution in [-0.4, -0.2) is 26.6 Å². The highest BCUT2D eigenvalue weighted by atomic mass is 35.5. The van der Waals surface area contributed by atoms with Crippen molar-refractivity contribution in [2.24, 2.45) is 0 Å². The first-order valence-corrected chi connectivity index (χ1v) is 8.70. The maximum atomic E-state index is 12.6. The molecule has 7 nitrogen and oxygen atoms in total. The number of pyridine rings is 1. The number of nitrogens with zero attached hydrogens (tertiary/aromatic N) is 3. The average Bonchev–Trinajstić information content (AvgIpc) is 3.12. The Hall–Kier alpha value is -3.19. The summed E-state index contributed by atoms with van der Waals surface area (Å²) in [4.78, 5) is 28.6. The molecule has 0 saturated heterocycles. The molecule has 3 rings (SSSR count). The predicted octanol–water partition coefficient (Wildman–Crippen LogP) is 3.12. The summed E-state index contributed by atoms with van der Waals surface area (Å²) in [6.45, 7) is 3.93. The van der Waals surface area contributed by atoms with E-state index in [1.54, 1.807) is 35.0 Å². The van der Waals surface area contributed by atoms with Crippen LogP contribution in [-0.2, 0) is 0 Å². The zero-order chi connectivity index (χ0) is 19.4. The first-order chi connectivity index (χ1) is 13.0. The van der Waals surface area contributed by atoms with Gasteiger partial charge in [-0.2, -0.15) is 5.10 Å². The summed E-state index contributed by atoms with van der Waals surface area (Å²) in [6, 6.07) is 12.1. The van der Waals surface area contributed by atoms with Gasteiger partial charge in [0.15, 0.2) is 0 Å². The van der Waals surface area contributed by atoms with Gasteiger partial charge in [0.05, 0.1) is 23.1 Å². The minimum atomic E-state index is -0.500. The van der Waals surface area contributed by atoms with E-state index in [1.165, 1.54) is 12.4 Å². The highest BCUT2D eigenvalue weighted by Crippen LogP contribution is 2.23. The van der Waals surface area contributed by atoms with Crippen LogP contribution in [0.5, 0.6) is 0 Å². The normalized spacial score (nSPS) is 10.7. The molecule has 0 aliphatic carbocycles. The Morgan fingerprint density at radius 3 is 2.37 bits per heavy atom. The minimum Gasteiger partial charge on any atom is -0.267 e. The summed E-state index contributed by atoms with van der Waals surface area (Å²) >= 11 is 5.94. The lowest BCUT2D eigenvalue weighted by Gasteiger charge is -2.13. The van der Waals surface area contributed by atoms with Gasteiger partial charge in [0, 0.05) is 11.2 Å². The van der Waals surface area contributed by atoms with Crippen LogP contribution in [0, 0.1) is 0 Å². The fourth-order valence-corrected chi connectivity index (χ4v) is 2.74. The summed E-state index contributed by atoms with van der Waals surface area (Å²) in [6.07, 6.45) is 2.98. The number of aromatic nitrogens is 3. The second kappa shape index (κ2) is 8.01. The van der Waals surface area contributed by atoms with Gasteiger partial charge in [0.1, 0.15) is 5.69 Å². The Morgan fingerprint density at radius 1 is 1.04 bits per heavy atom. The van der Waals surface area contributed by atoms with Crippen LogP contribution in [0.4, 0.5) is 0 Å². The van der Waals surface area contributed by atoms with Gasteiger partial charge in [-0.05, 0) is 42.3 Å². The summed E-state index contributed by atoms with van der Waals surface area (Å²) in [5.41, 5.74) is 6.88. The lowest BCUT2D eigenvalue weighted by molar-refractivity contribution is 0.0843. The molecule has 8 heteroatoms. The quantitative estimate of drug-likeness (QED) is 0.677. The molecule has 138 valence electrons. The van der Waals surface area contributed by atoms with Crippen molar-refractivity contribution in [2.45, 2.75) is 19.8 Å². The Bertz CT molecular complexity index is 952. The summed E-state index contributed by atoms with van der Waals surface area (Å²) in [5.74, 6) is -0.932. The maximum absolute atomic E-state index is 12.6. The number of nitrogens with one attached hydrogen (secondary N) is 2. The Balaban J connectivity index is 1.80. The van der Waals surface area contributed by atoms with Crippen molar-refractivity contribution in [3.63, 3.8) is 0 Å². The zero-order valence-corrected chi connectivity index (χ0v) is 15.6. The lowest BCUT2D eigenvalue weighted by Crippen LogP contribution is -2.42. The molecule has 3 aromatic rings. The van der Waals surface area contributed by atoms with E-state index in [0.717, 1.165) is 11.4 Å². The number of carbonyl (C=O) groups excluding carboxylic acids is 2. The van der Waals surface area contributed by atoms with Gasteiger partial charge in [-0.15, -0.1) is 0 Å². The molecular formula is C19H18ClN5O2. The third kappa shape index (κ3) is 4.15. The molecule has 0 saturated carbocycles. The number of hydrogen-bond donors (Lipinski definition) is 2. The van der Waals surface area contributed by atoms with Gasteiger partial charge < -0.3 is 0 Å². The number of hydrogen-bond acceptors (Lipinski definition) is 4. The lowest BCUT2D eigenvalue weighted by atomic mass is 10.1. The third-order valence-corrected chi connectivity index (χ3v) is 4.11. The molecule has 0 bridgehead atoms. The van der Waals surface area contributed by atoms with E-state index in [9.17, 15) is 9.59 Å². The van der Waals surface area contributed by atoms with E-state index < -0.39 is 11.8 Å². The molecule has 0 aliphatic heterocycles. The summed E-state index contributed by atoms with van der Waals surface area (Å²) in [7, 11) is 0. The zero-order valence-electron chi connectivity index (χ0n) is 14.8. The van der Waals surface area contributed by atoms with Gasteiger partial charge in [0.2, 0.25) is 0 Å². The molecule has 0 atom stereocenters. The van der Waals surface area contributed by atoms with E-state index >= 15 is 0 Å². The third-order valence-electron chi connectivity index (χ3n) is 3.86. The number of rotatable bonds is 4. The van der Waals surface area contributed by atoms with E-state index in [-0.39, 0.29) is 11.6 Å². The summed E-state index contributed by atoms with van der Waals surface area (Å²) < 4.78 is 1.69. The van der Waals surface area contributed by atoms with Gasteiger partial charge in [-0.3, -0.25) is 25.4 Å². The highest BCUT2D eigenvalue weighted by molar-refractivity contribution is 6.30.